The van der Waals surface area contributed by atoms with E-state index in [1.54, 1.807) is 10.7 Å². The molecular formula is C12H14FN3. The average Bonchev–Trinajstić information content (AvgIpc) is 2.63. The molecule has 0 aliphatic heterocycles. The Morgan fingerprint density at radius 3 is 2.88 bits per heavy atom. The van der Waals surface area contributed by atoms with Gasteiger partial charge in [0.25, 0.3) is 0 Å². The maximum atomic E-state index is 12.9. The number of anilines is 1. The summed E-state index contributed by atoms with van der Waals surface area (Å²) in [5.41, 5.74) is 2.96. The highest BCUT2D eigenvalue weighted by Gasteiger charge is 2.00. The maximum absolute atomic E-state index is 12.9. The second-order valence-corrected chi connectivity index (χ2v) is 3.84. The standard InChI is InChI=1S/C12H14FN3/c1-9-5-11(13)3-4-12(9)14-6-10-7-15-16(2)8-10/h3-5,7-8,14H,6H2,1-2H3. The zero-order valence-corrected chi connectivity index (χ0v) is 9.37. The van der Waals surface area contributed by atoms with Gasteiger partial charge >= 0.3 is 0 Å². The first kappa shape index (κ1) is 10.7. The van der Waals surface area contributed by atoms with Gasteiger partial charge in [0.05, 0.1) is 6.20 Å². The number of rotatable bonds is 3. The molecule has 84 valence electrons. The van der Waals surface area contributed by atoms with Crippen molar-refractivity contribution in [2.75, 3.05) is 5.32 Å². The molecule has 16 heavy (non-hydrogen) atoms. The summed E-state index contributed by atoms with van der Waals surface area (Å²) in [5, 5.41) is 7.33. The summed E-state index contributed by atoms with van der Waals surface area (Å²) in [5.74, 6) is -0.204. The van der Waals surface area contributed by atoms with Crippen LogP contribution in [0.1, 0.15) is 11.1 Å². The van der Waals surface area contributed by atoms with Gasteiger partial charge in [-0.1, -0.05) is 0 Å². The van der Waals surface area contributed by atoms with E-state index in [9.17, 15) is 4.39 Å². The van der Waals surface area contributed by atoms with E-state index in [4.69, 9.17) is 0 Å². The Kier molecular flexibility index (Phi) is 2.90. The Morgan fingerprint density at radius 1 is 1.44 bits per heavy atom. The normalized spacial score (nSPS) is 10.4. The number of halogens is 1. The molecule has 3 nitrogen and oxygen atoms in total. The molecule has 0 atom stereocenters. The van der Waals surface area contributed by atoms with E-state index in [1.807, 2.05) is 26.4 Å². The minimum Gasteiger partial charge on any atom is -0.381 e. The monoisotopic (exact) mass is 219 g/mol. The molecule has 1 aromatic heterocycles. The first-order valence-corrected chi connectivity index (χ1v) is 5.13. The van der Waals surface area contributed by atoms with Crippen LogP contribution in [-0.4, -0.2) is 9.78 Å². The van der Waals surface area contributed by atoms with Crippen LogP contribution in [-0.2, 0) is 13.6 Å². The summed E-state index contributed by atoms with van der Waals surface area (Å²) in [6, 6.07) is 4.73. The molecule has 2 aromatic rings. The lowest BCUT2D eigenvalue weighted by molar-refractivity contribution is 0.627. The van der Waals surface area contributed by atoms with Gasteiger partial charge < -0.3 is 5.32 Å². The second kappa shape index (κ2) is 4.35. The first-order chi connectivity index (χ1) is 7.65. The molecule has 2 rings (SSSR count). The van der Waals surface area contributed by atoms with Crippen LogP contribution in [0.25, 0.3) is 0 Å². The van der Waals surface area contributed by atoms with Crippen LogP contribution in [0.3, 0.4) is 0 Å². The number of hydrogen-bond acceptors (Lipinski definition) is 2. The van der Waals surface area contributed by atoms with Crippen molar-refractivity contribution in [1.82, 2.24) is 9.78 Å². The number of nitrogens with zero attached hydrogens (tertiary/aromatic N) is 2. The van der Waals surface area contributed by atoms with Crippen molar-refractivity contribution < 1.29 is 4.39 Å². The predicted octanol–water partition coefficient (Wildman–Crippen LogP) is 2.48. The number of hydrogen-bond donors (Lipinski definition) is 1. The van der Waals surface area contributed by atoms with E-state index in [0.717, 1.165) is 16.8 Å². The SMILES string of the molecule is Cc1cc(F)ccc1NCc1cnn(C)c1. The molecule has 1 heterocycles. The highest BCUT2D eigenvalue weighted by Crippen LogP contribution is 2.16. The molecule has 0 fully saturated rings. The van der Waals surface area contributed by atoms with E-state index in [2.05, 4.69) is 10.4 Å². The highest BCUT2D eigenvalue weighted by molar-refractivity contribution is 5.50. The lowest BCUT2D eigenvalue weighted by Crippen LogP contribution is -2.00. The van der Waals surface area contributed by atoms with Crippen LogP contribution in [0.5, 0.6) is 0 Å². The van der Waals surface area contributed by atoms with Crippen molar-refractivity contribution in [3.8, 4) is 0 Å². The zero-order chi connectivity index (χ0) is 11.5. The zero-order valence-electron chi connectivity index (χ0n) is 9.37. The molecule has 0 aliphatic carbocycles. The molecule has 0 unspecified atom stereocenters. The fourth-order valence-corrected chi connectivity index (χ4v) is 1.59. The number of nitrogens with one attached hydrogen (secondary N) is 1. The molecule has 1 N–H and O–H groups in total. The molecule has 0 saturated heterocycles. The van der Waals surface area contributed by atoms with E-state index in [-0.39, 0.29) is 5.82 Å². The van der Waals surface area contributed by atoms with Gasteiger partial charge in [-0.05, 0) is 30.7 Å². The number of aryl methyl sites for hydroxylation is 2. The summed E-state index contributed by atoms with van der Waals surface area (Å²) < 4.78 is 14.6. The summed E-state index contributed by atoms with van der Waals surface area (Å²) in [4.78, 5) is 0. The van der Waals surface area contributed by atoms with Gasteiger partial charge in [0.2, 0.25) is 0 Å². The molecular weight excluding hydrogens is 205 g/mol. The van der Waals surface area contributed by atoms with Crippen LogP contribution in [0, 0.1) is 12.7 Å². The molecule has 0 aliphatic rings. The Bertz CT molecular complexity index is 491. The Hall–Kier alpha value is -1.84. The van der Waals surface area contributed by atoms with Gasteiger partial charge in [-0.2, -0.15) is 5.10 Å². The van der Waals surface area contributed by atoms with Gasteiger partial charge in [-0.3, -0.25) is 4.68 Å². The Labute approximate surface area is 93.9 Å². The third-order valence-electron chi connectivity index (χ3n) is 2.43. The van der Waals surface area contributed by atoms with Crippen molar-refractivity contribution in [2.45, 2.75) is 13.5 Å². The molecule has 0 bridgehead atoms. The summed E-state index contributed by atoms with van der Waals surface area (Å²) in [6.07, 6.45) is 3.76. The van der Waals surface area contributed by atoms with E-state index >= 15 is 0 Å². The van der Waals surface area contributed by atoms with Crippen LogP contribution in [0.15, 0.2) is 30.6 Å². The lowest BCUT2D eigenvalue weighted by atomic mass is 10.2. The van der Waals surface area contributed by atoms with Gasteiger partial charge in [0.15, 0.2) is 0 Å². The second-order valence-electron chi connectivity index (χ2n) is 3.84. The van der Waals surface area contributed by atoms with E-state index < -0.39 is 0 Å². The molecule has 1 aromatic carbocycles. The highest BCUT2D eigenvalue weighted by atomic mass is 19.1. The average molecular weight is 219 g/mol. The molecule has 0 spiro atoms. The Morgan fingerprint density at radius 2 is 2.25 bits per heavy atom. The number of aromatic nitrogens is 2. The molecule has 0 radical (unpaired) electrons. The fourth-order valence-electron chi connectivity index (χ4n) is 1.59. The summed E-state index contributed by atoms with van der Waals surface area (Å²) in [7, 11) is 1.88. The third-order valence-corrected chi connectivity index (χ3v) is 2.43. The quantitative estimate of drug-likeness (QED) is 0.859. The molecule has 4 heteroatoms. The van der Waals surface area contributed by atoms with Crippen molar-refractivity contribution in [3.05, 3.63) is 47.5 Å². The van der Waals surface area contributed by atoms with Crippen molar-refractivity contribution >= 4 is 5.69 Å². The fraction of sp³-hybridized carbons (Fsp3) is 0.250. The largest absolute Gasteiger partial charge is 0.381 e. The lowest BCUT2D eigenvalue weighted by Gasteiger charge is -2.08. The van der Waals surface area contributed by atoms with Gasteiger partial charge in [0.1, 0.15) is 5.82 Å². The number of benzene rings is 1. The van der Waals surface area contributed by atoms with Gasteiger partial charge in [-0.15, -0.1) is 0 Å². The van der Waals surface area contributed by atoms with Crippen LogP contribution in [0.4, 0.5) is 10.1 Å². The van der Waals surface area contributed by atoms with E-state index in [0.29, 0.717) is 6.54 Å². The predicted molar refractivity (Wildman–Crippen MR) is 61.7 cm³/mol. The van der Waals surface area contributed by atoms with Crippen molar-refractivity contribution in [3.63, 3.8) is 0 Å². The summed E-state index contributed by atoms with van der Waals surface area (Å²) in [6.45, 7) is 2.58. The first-order valence-electron chi connectivity index (χ1n) is 5.13. The van der Waals surface area contributed by atoms with Crippen LogP contribution in [0.2, 0.25) is 0 Å². The maximum Gasteiger partial charge on any atom is 0.123 e. The van der Waals surface area contributed by atoms with Crippen molar-refractivity contribution in [1.29, 1.82) is 0 Å². The topological polar surface area (TPSA) is 29.9 Å². The van der Waals surface area contributed by atoms with Gasteiger partial charge in [-0.25, -0.2) is 4.39 Å². The van der Waals surface area contributed by atoms with Gasteiger partial charge in [0, 0.05) is 31.0 Å². The van der Waals surface area contributed by atoms with Crippen LogP contribution < -0.4 is 5.32 Å². The summed E-state index contributed by atoms with van der Waals surface area (Å²) >= 11 is 0. The van der Waals surface area contributed by atoms with E-state index in [1.165, 1.54) is 12.1 Å². The molecule has 0 amide bonds. The molecule has 0 saturated carbocycles. The van der Waals surface area contributed by atoms with Crippen LogP contribution >= 0.6 is 0 Å². The minimum absolute atomic E-state index is 0.204. The van der Waals surface area contributed by atoms with Crippen molar-refractivity contribution in [2.24, 2.45) is 7.05 Å². The smallest absolute Gasteiger partial charge is 0.123 e. The minimum atomic E-state index is -0.204. The third kappa shape index (κ3) is 2.39. The Balaban J connectivity index is 2.04.